The third-order valence-corrected chi connectivity index (χ3v) is 4.76. The van der Waals surface area contributed by atoms with Crippen LogP contribution in [-0.2, 0) is 16.1 Å². The van der Waals surface area contributed by atoms with E-state index in [2.05, 4.69) is 21.2 Å². The van der Waals surface area contributed by atoms with Crippen molar-refractivity contribution in [2.75, 3.05) is 20.3 Å². The number of hydrogen-bond acceptors (Lipinski definition) is 6. The van der Waals surface area contributed by atoms with E-state index >= 15 is 0 Å². The highest BCUT2D eigenvalue weighted by atomic mass is 79.9. The molecule has 0 saturated heterocycles. The first kappa shape index (κ1) is 20.3. The normalized spacial score (nSPS) is 10.3. The fourth-order valence-corrected chi connectivity index (χ4v) is 3.25. The van der Waals surface area contributed by atoms with Crippen molar-refractivity contribution in [2.24, 2.45) is 0 Å². The summed E-state index contributed by atoms with van der Waals surface area (Å²) in [5.74, 6) is -0.0282. The second-order valence-corrected chi connectivity index (χ2v) is 7.16. The van der Waals surface area contributed by atoms with Crippen molar-refractivity contribution in [3.63, 3.8) is 0 Å². The molecule has 2 aromatic rings. The lowest BCUT2D eigenvalue weighted by molar-refractivity contribution is -0.124. The molecule has 0 radical (unpaired) electrons. The number of rotatable bonds is 9. The molecule has 0 aliphatic rings. The molecule has 0 aliphatic heterocycles. The Morgan fingerprint density at radius 2 is 2.12 bits per heavy atom. The van der Waals surface area contributed by atoms with Gasteiger partial charge in [-0.1, -0.05) is 13.0 Å². The molecular formula is C18H20BrNO5S. The maximum atomic E-state index is 12.2. The third kappa shape index (κ3) is 5.74. The number of methoxy groups -OCH3 is 1. The molecule has 1 aromatic heterocycles. The van der Waals surface area contributed by atoms with Crippen LogP contribution in [0.1, 0.15) is 28.6 Å². The molecule has 1 aromatic carbocycles. The first-order valence-corrected chi connectivity index (χ1v) is 9.69. The second-order valence-electron chi connectivity index (χ2n) is 5.27. The predicted octanol–water partition coefficient (Wildman–Crippen LogP) is 3.78. The summed E-state index contributed by atoms with van der Waals surface area (Å²) in [6.45, 7) is 2.59. The van der Waals surface area contributed by atoms with Crippen LogP contribution in [0.15, 0.2) is 34.1 Å². The maximum absolute atomic E-state index is 12.2. The number of carbonyl (C=O) groups is 2. The van der Waals surface area contributed by atoms with Gasteiger partial charge in [-0.05, 0) is 45.9 Å². The Balaban J connectivity index is 1.93. The highest BCUT2D eigenvalue weighted by Crippen LogP contribution is 2.37. The van der Waals surface area contributed by atoms with Gasteiger partial charge in [0.05, 0.1) is 30.3 Å². The van der Waals surface area contributed by atoms with Crippen molar-refractivity contribution >= 4 is 39.1 Å². The molecule has 1 amide bonds. The minimum absolute atomic E-state index is 0.267. The van der Waals surface area contributed by atoms with Crippen LogP contribution in [0.4, 0.5) is 0 Å². The molecule has 0 unspecified atom stereocenters. The minimum Gasteiger partial charge on any atom is -0.493 e. The standard InChI is InChI=1S/C18H20BrNO5S/c1-3-6-24-17-14(19)8-12(9-15(17)23-2)18(22)25-11-16(21)20-10-13-5-4-7-26-13/h4-5,7-9H,3,6,10-11H2,1-2H3,(H,20,21). The number of halogens is 1. The van der Waals surface area contributed by atoms with Gasteiger partial charge in [0, 0.05) is 4.88 Å². The van der Waals surface area contributed by atoms with Gasteiger partial charge in [-0.2, -0.15) is 0 Å². The molecule has 2 rings (SSSR count). The monoisotopic (exact) mass is 441 g/mol. The Bertz CT molecular complexity index is 748. The van der Waals surface area contributed by atoms with E-state index in [9.17, 15) is 9.59 Å². The highest BCUT2D eigenvalue weighted by molar-refractivity contribution is 9.10. The van der Waals surface area contributed by atoms with Crippen molar-refractivity contribution < 1.29 is 23.8 Å². The van der Waals surface area contributed by atoms with Crippen LogP contribution >= 0.6 is 27.3 Å². The van der Waals surface area contributed by atoms with Gasteiger partial charge in [-0.15, -0.1) is 11.3 Å². The van der Waals surface area contributed by atoms with E-state index in [-0.39, 0.29) is 18.1 Å². The molecule has 8 heteroatoms. The topological polar surface area (TPSA) is 73.9 Å². The summed E-state index contributed by atoms with van der Waals surface area (Å²) in [7, 11) is 1.49. The Morgan fingerprint density at radius 1 is 1.31 bits per heavy atom. The van der Waals surface area contributed by atoms with Crippen LogP contribution in [-0.4, -0.2) is 32.2 Å². The van der Waals surface area contributed by atoms with Crippen LogP contribution in [0.5, 0.6) is 11.5 Å². The number of ether oxygens (including phenoxy) is 3. The SMILES string of the molecule is CCCOc1c(Br)cc(C(=O)OCC(=O)NCc2cccs2)cc1OC. The molecule has 0 aliphatic carbocycles. The fourth-order valence-electron chi connectivity index (χ4n) is 2.05. The van der Waals surface area contributed by atoms with Gasteiger partial charge in [-0.25, -0.2) is 4.79 Å². The Kier molecular flexibility index (Phi) is 7.93. The van der Waals surface area contributed by atoms with Crippen LogP contribution in [0.3, 0.4) is 0 Å². The first-order valence-electron chi connectivity index (χ1n) is 8.01. The second kappa shape index (κ2) is 10.2. The van der Waals surface area contributed by atoms with E-state index in [1.807, 2.05) is 24.4 Å². The molecule has 6 nitrogen and oxygen atoms in total. The van der Waals surface area contributed by atoms with Gasteiger partial charge in [-0.3, -0.25) is 4.79 Å². The summed E-state index contributed by atoms with van der Waals surface area (Å²) in [4.78, 5) is 25.0. The minimum atomic E-state index is -0.614. The highest BCUT2D eigenvalue weighted by Gasteiger charge is 2.17. The van der Waals surface area contributed by atoms with Crippen LogP contribution in [0.2, 0.25) is 0 Å². The molecule has 1 heterocycles. The number of amides is 1. The molecule has 0 atom stereocenters. The Labute approximate surface area is 164 Å². The van der Waals surface area contributed by atoms with Crippen molar-refractivity contribution in [1.82, 2.24) is 5.32 Å². The third-order valence-electron chi connectivity index (χ3n) is 3.29. The van der Waals surface area contributed by atoms with Crippen molar-refractivity contribution in [3.05, 3.63) is 44.6 Å². The average molecular weight is 442 g/mol. The Hall–Kier alpha value is -2.06. The van der Waals surface area contributed by atoms with Crippen LogP contribution in [0.25, 0.3) is 0 Å². The number of esters is 1. The zero-order valence-corrected chi connectivity index (χ0v) is 16.9. The van der Waals surface area contributed by atoms with Gasteiger partial charge in [0.25, 0.3) is 5.91 Å². The van der Waals surface area contributed by atoms with E-state index in [0.717, 1.165) is 11.3 Å². The molecule has 26 heavy (non-hydrogen) atoms. The smallest absolute Gasteiger partial charge is 0.338 e. The van der Waals surface area contributed by atoms with E-state index < -0.39 is 5.97 Å². The number of benzene rings is 1. The zero-order chi connectivity index (χ0) is 18.9. The molecule has 0 bridgehead atoms. The van der Waals surface area contributed by atoms with E-state index in [0.29, 0.717) is 29.1 Å². The maximum Gasteiger partial charge on any atom is 0.338 e. The summed E-state index contributed by atoms with van der Waals surface area (Å²) in [5, 5.41) is 4.63. The van der Waals surface area contributed by atoms with E-state index in [1.54, 1.807) is 17.4 Å². The van der Waals surface area contributed by atoms with Gasteiger partial charge < -0.3 is 19.5 Å². The summed E-state index contributed by atoms with van der Waals surface area (Å²) in [6, 6.07) is 6.94. The average Bonchev–Trinajstić information content (AvgIpc) is 3.16. The summed E-state index contributed by atoms with van der Waals surface area (Å²) in [5.41, 5.74) is 0.267. The van der Waals surface area contributed by atoms with Crippen molar-refractivity contribution in [2.45, 2.75) is 19.9 Å². The van der Waals surface area contributed by atoms with E-state index in [1.165, 1.54) is 13.2 Å². The Morgan fingerprint density at radius 3 is 2.77 bits per heavy atom. The van der Waals surface area contributed by atoms with E-state index in [4.69, 9.17) is 14.2 Å². The fraction of sp³-hybridized carbons (Fsp3) is 0.333. The number of carbonyl (C=O) groups excluding carboxylic acids is 2. The van der Waals surface area contributed by atoms with Crippen LogP contribution < -0.4 is 14.8 Å². The summed E-state index contributed by atoms with van der Waals surface area (Å²) >= 11 is 4.92. The molecule has 1 N–H and O–H groups in total. The molecular weight excluding hydrogens is 422 g/mol. The van der Waals surface area contributed by atoms with Gasteiger partial charge in [0.15, 0.2) is 18.1 Å². The first-order chi connectivity index (χ1) is 12.5. The predicted molar refractivity (Wildman–Crippen MR) is 103 cm³/mol. The molecule has 0 saturated carbocycles. The number of nitrogens with one attached hydrogen (secondary N) is 1. The molecule has 0 spiro atoms. The van der Waals surface area contributed by atoms with Gasteiger partial charge in [0.1, 0.15) is 0 Å². The molecule has 140 valence electrons. The lowest BCUT2D eigenvalue weighted by Gasteiger charge is -2.13. The quantitative estimate of drug-likeness (QED) is 0.599. The lowest BCUT2D eigenvalue weighted by atomic mass is 10.2. The van der Waals surface area contributed by atoms with Crippen LogP contribution in [0, 0.1) is 0 Å². The van der Waals surface area contributed by atoms with Crippen molar-refractivity contribution in [1.29, 1.82) is 0 Å². The zero-order valence-electron chi connectivity index (χ0n) is 14.5. The number of hydrogen-bond donors (Lipinski definition) is 1. The summed E-state index contributed by atoms with van der Waals surface area (Å²) in [6.07, 6.45) is 0.847. The number of thiophene rings is 1. The summed E-state index contributed by atoms with van der Waals surface area (Å²) < 4.78 is 16.6. The lowest BCUT2D eigenvalue weighted by Crippen LogP contribution is -2.28. The largest absolute Gasteiger partial charge is 0.493 e. The van der Waals surface area contributed by atoms with Gasteiger partial charge in [0.2, 0.25) is 0 Å². The van der Waals surface area contributed by atoms with Gasteiger partial charge >= 0.3 is 5.97 Å². The molecule has 0 fully saturated rings. The van der Waals surface area contributed by atoms with Crippen molar-refractivity contribution in [3.8, 4) is 11.5 Å².